The Hall–Kier alpha value is -3.10. The number of rotatable bonds is 5. The summed E-state index contributed by atoms with van der Waals surface area (Å²) in [7, 11) is -1.07. The molecule has 146 valence electrons. The van der Waals surface area contributed by atoms with Crippen LogP contribution >= 0.6 is 7.05 Å². The van der Waals surface area contributed by atoms with Crippen LogP contribution < -0.4 is 15.9 Å². The first-order valence-electron chi connectivity index (χ1n) is 9.49. The highest BCUT2D eigenvalue weighted by Gasteiger charge is 2.31. The number of hydrogen-bond acceptors (Lipinski definition) is 4. The van der Waals surface area contributed by atoms with Crippen LogP contribution in [0.3, 0.4) is 0 Å². The van der Waals surface area contributed by atoms with Crippen molar-refractivity contribution >= 4 is 28.9 Å². The number of hydrogen-bond donors (Lipinski definition) is 0. The molecule has 3 aromatic carbocycles. The highest BCUT2D eigenvalue weighted by atomic mass is 31.2. The van der Waals surface area contributed by atoms with E-state index in [1.165, 1.54) is 7.11 Å². The van der Waals surface area contributed by atoms with Crippen LogP contribution in [-0.2, 0) is 14.3 Å². The van der Waals surface area contributed by atoms with Crippen molar-refractivity contribution in [3.8, 4) is 0 Å². The van der Waals surface area contributed by atoms with E-state index in [1.807, 2.05) is 54.6 Å². The normalized spacial score (nSPS) is 13.7. The molecule has 1 heterocycles. The lowest BCUT2D eigenvalue weighted by atomic mass is 10.2. The summed E-state index contributed by atoms with van der Waals surface area (Å²) in [5.41, 5.74) is 0.500. The predicted octanol–water partition coefficient (Wildman–Crippen LogP) is 3.97. The van der Waals surface area contributed by atoms with Crippen LogP contribution in [0.15, 0.2) is 107 Å². The largest absolute Gasteiger partial charge is 0.477 e. The molecule has 0 spiro atoms. The van der Waals surface area contributed by atoms with Gasteiger partial charge in [-0.3, -0.25) is 0 Å². The van der Waals surface area contributed by atoms with Gasteiger partial charge in [-0.2, -0.15) is 0 Å². The third-order valence-electron chi connectivity index (χ3n) is 4.91. The van der Waals surface area contributed by atoms with Crippen molar-refractivity contribution in [3.05, 3.63) is 102 Å². The average molecular weight is 403 g/mol. The summed E-state index contributed by atoms with van der Waals surface area (Å²) >= 11 is 0. The second kappa shape index (κ2) is 8.50. The van der Waals surface area contributed by atoms with Gasteiger partial charge < -0.3 is 9.47 Å². The molecule has 5 heteroatoms. The van der Waals surface area contributed by atoms with Crippen LogP contribution in [0.5, 0.6) is 0 Å². The maximum atomic E-state index is 12.3. The van der Waals surface area contributed by atoms with Crippen LogP contribution in [0, 0.1) is 0 Å². The van der Waals surface area contributed by atoms with Crippen LogP contribution in [0.1, 0.15) is 6.42 Å². The van der Waals surface area contributed by atoms with E-state index in [4.69, 9.17) is 14.2 Å². The van der Waals surface area contributed by atoms with Gasteiger partial charge in [0.25, 0.3) is 0 Å². The number of ether oxygens (including phenoxy) is 2. The Bertz CT molecular complexity index is 973. The lowest BCUT2D eigenvalue weighted by Gasteiger charge is -2.27. The van der Waals surface area contributed by atoms with Crippen molar-refractivity contribution in [3.63, 3.8) is 0 Å². The fourth-order valence-corrected chi connectivity index (χ4v) is 7.04. The SMILES string of the molecule is COC(=O)C1=C(N=P(c2ccccc2)(c2ccccc2)c2ccccc2)OCC1. The smallest absolute Gasteiger partial charge is 0.339 e. The second-order valence-electron chi connectivity index (χ2n) is 6.62. The Morgan fingerprint density at radius 2 is 1.28 bits per heavy atom. The monoisotopic (exact) mass is 403 g/mol. The zero-order valence-corrected chi connectivity index (χ0v) is 17.1. The van der Waals surface area contributed by atoms with Gasteiger partial charge in [0, 0.05) is 22.3 Å². The lowest BCUT2D eigenvalue weighted by molar-refractivity contribution is -0.136. The molecule has 0 bridgehead atoms. The number of esters is 1. The molecule has 0 aromatic heterocycles. The van der Waals surface area contributed by atoms with E-state index in [9.17, 15) is 4.79 Å². The number of carbonyl (C=O) groups excluding carboxylic acids is 1. The zero-order chi connectivity index (χ0) is 20.1. The number of methoxy groups -OCH3 is 1. The zero-order valence-electron chi connectivity index (χ0n) is 16.2. The molecule has 0 amide bonds. The van der Waals surface area contributed by atoms with Gasteiger partial charge in [0.1, 0.15) is 5.57 Å². The molecular weight excluding hydrogens is 381 g/mol. The van der Waals surface area contributed by atoms with Crippen LogP contribution in [0.2, 0.25) is 0 Å². The summed E-state index contributed by atoms with van der Waals surface area (Å²) < 4.78 is 16.1. The van der Waals surface area contributed by atoms with E-state index in [0.717, 1.165) is 15.9 Å². The Balaban J connectivity index is 2.11. The van der Waals surface area contributed by atoms with Crippen LogP contribution in [-0.4, -0.2) is 19.7 Å². The Morgan fingerprint density at radius 3 is 1.69 bits per heavy atom. The maximum absolute atomic E-state index is 12.3. The Labute approximate surface area is 170 Å². The molecule has 0 aliphatic carbocycles. The minimum Gasteiger partial charge on any atom is -0.477 e. The standard InChI is InChI=1S/C24H22NO3P/c1-27-24(26)22-17-18-28-23(22)25-29(19-11-5-2-6-12-19,20-13-7-3-8-14-20)21-15-9-4-10-16-21/h2-16H,17-18H2,1H3. The number of nitrogens with zero attached hydrogens (tertiary/aromatic N) is 1. The molecule has 1 aliphatic rings. The van der Waals surface area contributed by atoms with Gasteiger partial charge in [-0.15, -0.1) is 0 Å². The molecule has 4 rings (SSSR count). The summed E-state index contributed by atoms with van der Waals surface area (Å²) in [4.78, 5) is 12.3. The third kappa shape index (κ3) is 3.64. The molecule has 0 N–H and O–H groups in total. The lowest BCUT2D eigenvalue weighted by Crippen LogP contribution is -2.25. The molecule has 1 aliphatic heterocycles. The number of carbonyl (C=O) groups is 1. The van der Waals surface area contributed by atoms with Crippen molar-refractivity contribution in [2.75, 3.05) is 13.7 Å². The van der Waals surface area contributed by atoms with E-state index in [1.54, 1.807) is 0 Å². The van der Waals surface area contributed by atoms with E-state index < -0.39 is 7.05 Å². The number of benzene rings is 3. The molecule has 3 aromatic rings. The van der Waals surface area contributed by atoms with E-state index in [-0.39, 0.29) is 5.97 Å². The van der Waals surface area contributed by atoms with Crippen molar-refractivity contribution in [2.45, 2.75) is 6.42 Å². The van der Waals surface area contributed by atoms with E-state index >= 15 is 0 Å². The van der Waals surface area contributed by atoms with Crippen molar-refractivity contribution in [1.82, 2.24) is 0 Å². The van der Waals surface area contributed by atoms with E-state index in [0.29, 0.717) is 24.5 Å². The Morgan fingerprint density at radius 1 is 0.828 bits per heavy atom. The first kappa shape index (κ1) is 19.2. The summed E-state index contributed by atoms with van der Waals surface area (Å²) in [6, 6.07) is 30.8. The van der Waals surface area contributed by atoms with Crippen molar-refractivity contribution in [2.24, 2.45) is 4.74 Å². The fraction of sp³-hybridized carbons (Fsp3) is 0.125. The summed E-state index contributed by atoms with van der Waals surface area (Å²) in [6.07, 6.45) is 0.504. The van der Waals surface area contributed by atoms with E-state index in [2.05, 4.69) is 36.4 Å². The topological polar surface area (TPSA) is 47.9 Å². The molecule has 0 saturated carbocycles. The van der Waals surface area contributed by atoms with Crippen molar-refractivity contribution in [1.29, 1.82) is 0 Å². The molecular formula is C24H22NO3P. The average Bonchev–Trinajstić information content (AvgIpc) is 3.27. The molecule has 0 saturated heterocycles. The van der Waals surface area contributed by atoms with Gasteiger partial charge in [0.05, 0.1) is 20.8 Å². The van der Waals surface area contributed by atoms with Gasteiger partial charge in [-0.25, -0.2) is 9.54 Å². The Kier molecular flexibility index (Phi) is 5.64. The molecule has 0 unspecified atom stereocenters. The maximum Gasteiger partial charge on any atom is 0.339 e. The highest BCUT2D eigenvalue weighted by Crippen LogP contribution is 2.48. The highest BCUT2D eigenvalue weighted by molar-refractivity contribution is 7.87. The van der Waals surface area contributed by atoms with Gasteiger partial charge in [-0.1, -0.05) is 91.0 Å². The fourth-order valence-electron chi connectivity index (χ4n) is 3.53. The molecule has 0 radical (unpaired) electrons. The van der Waals surface area contributed by atoms with Gasteiger partial charge in [0.2, 0.25) is 5.88 Å². The summed E-state index contributed by atoms with van der Waals surface area (Å²) in [6.45, 7) is 0.432. The molecule has 0 fully saturated rings. The quantitative estimate of drug-likeness (QED) is 0.479. The summed E-state index contributed by atoms with van der Waals surface area (Å²) in [5, 5.41) is 3.30. The van der Waals surface area contributed by atoms with Gasteiger partial charge >= 0.3 is 5.97 Å². The van der Waals surface area contributed by atoms with Gasteiger partial charge in [0.15, 0.2) is 0 Å². The minimum atomic E-state index is -2.46. The first-order chi connectivity index (χ1) is 14.3. The minimum absolute atomic E-state index is 0.381. The first-order valence-corrected chi connectivity index (χ1v) is 11.2. The predicted molar refractivity (Wildman–Crippen MR) is 117 cm³/mol. The third-order valence-corrected chi connectivity index (χ3v) is 8.53. The summed E-state index contributed by atoms with van der Waals surface area (Å²) in [5.74, 6) is 0.00952. The second-order valence-corrected chi connectivity index (χ2v) is 9.64. The van der Waals surface area contributed by atoms with Gasteiger partial charge in [-0.05, 0) is 0 Å². The molecule has 29 heavy (non-hydrogen) atoms. The molecule has 4 nitrogen and oxygen atoms in total. The molecule has 0 atom stereocenters. The van der Waals surface area contributed by atoms with Crippen LogP contribution in [0.4, 0.5) is 0 Å². The van der Waals surface area contributed by atoms with Crippen LogP contribution in [0.25, 0.3) is 0 Å². The van der Waals surface area contributed by atoms with Crippen molar-refractivity contribution < 1.29 is 14.3 Å².